The Morgan fingerprint density at radius 2 is 1.76 bits per heavy atom. The van der Waals surface area contributed by atoms with E-state index >= 15 is 0 Å². The van der Waals surface area contributed by atoms with E-state index in [0.717, 1.165) is 29.2 Å². The van der Waals surface area contributed by atoms with Crippen molar-refractivity contribution in [1.82, 2.24) is 0 Å². The predicted molar refractivity (Wildman–Crippen MR) is 93.6 cm³/mol. The summed E-state index contributed by atoms with van der Waals surface area (Å²) < 4.78 is 1.10. The zero-order valence-corrected chi connectivity index (χ0v) is 13.7. The van der Waals surface area contributed by atoms with Crippen LogP contribution in [0.1, 0.15) is 18.4 Å². The fraction of sp³-hybridized carbons (Fsp3) is 0.333. The molecular formula is C18H21BrN2. The van der Waals surface area contributed by atoms with Crippen LogP contribution in [0, 0.1) is 5.92 Å². The summed E-state index contributed by atoms with van der Waals surface area (Å²) in [6, 6.07) is 16.9. The van der Waals surface area contributed by atoms with Crippen LogP contribution in [0.5, 0.6) is 0 Å². The summed E-state index contributed by atoms with van der Waals surface area (Å²) in [5, 5.41) is 0. The molecule has 0 amide bonds. The maximum atomic E-state index is 5.82. The fourth-order valence-corrected chi connectivity index (χ4v) is 3.75. The van der Waals surface area contributed by atoms with Crippen molar-refractivity contribution < 1.29 is 0 Å². The molecule has 21 heavy (non-hydrogen) atoms. The average molecular weight is 345 g/mol. The zero-order chi connectivity index (χ0) is 14.7. The van der Waals surface area contributed by atoms with E-state index in [4.69, 9.17) is 5.73 Å². The van der Waals surface area contributed by atoms with Gasteiger partial charge >= 0.3 is 0 Å². The Labute approximate surface area is 135 Å². The second-order valence-corrected chi connectivity index (χ2v) is 6.69. The highest BCUT2D eigenvalue weighted by Gasteiger charge is 2.20. The smallest absolute Gasteiger partial charge is 0.0512 e. The molecule has 0 spiro atoms. The molecule has 110 valence electrons. The molecule has 0 aromatic heterocycles. The van der Waals surface area contributed by atoms with Crippen LogP contribution in [0.4, 0.5) is 11.4 Å². The Morgan fingerprint density at radius 1 is 1.05 bits per heavy atom. The molecule has 1 aliphatic heterocycles. The Kier molecular flexibility index (Phi) is 4.49. The first kappa shape index (κ1) is 14.5. The van der Waals surface area contributed by atoms with Gasteiger partial charge in [-0.3, -0.25) is 0 Å². The third-order valence-electron chi connectivity index (χ3n) is 4.29. The number of anilines is 2. The van der Waals surface area contributed by atoms with Crippen molar-refractivity contribution in [2.24, 2.45) is 5.92 Å². The SMILES string of the molecule is Nc1ccc(N2CCC(Cc3ccccc3)CC2)c(Br)c1. The van der Waals surface area contributed by atoms with Crippen LogP contribution in [0.3, 0.4) is 0 Å². The molecule has 1 fully saturated rings. The van der Waals surface area contributed by atoms with E-state index in [0.29, 0.717) is 0 Å². The van der Waals surface area contributed by atoms with Gasteiger partial charge in [0.1, 0.15) is 0 Å². The molecule has 1 heterocycles. The topological polar surface area (TPSA) is 29.3 Å². The molecule has 0 atom stereocenters. The highest BCUT2D eigenvalue weighted by atomic mass is 79.9. The summed E-state index contributed by atoms with van der Waals surface area (Å²) in [5.41, 5.74) is 9.36. The van der Waals surface area contributed by atoms with E-state index in [1.165, 1.54) is 30.5 Å². The minimum Gasteiger partial charge on any atom is -0.399 e. The number of nitrogens with zero attached hydrogens (tertiary/aromatic N) is 1. The molecule has 0 saturated carbocycles. The molecule has 2 aromatic carbocycles. The highest BCUT2D eigenvalue weighted by molar-refractivity contribution is 9.10. The third kappa shape index (κ3) is 3.59. The highest BCUT2D eigenvalue weighted by Crippen LogP contribution is 2.32. The van der Waals surface area contributed by atoms with E-state index < -0.39 is 0 Å². The third-order valence-corrected chi connectivity index (χ3v) is 4.93. The van der Waals surface area contributed by atoms with Crippen LogP contribution in [-0.2, 0) is 6.42 Å². The lowest BCUT2D eigenvalue weighted by Gasteiger charge is -2.34. The summed E-state index contributed by atoms with van der Waals surface area (Å²) in [7, 11) is 0. The Balaban J connectivity index is 1.60. The van der Waals surface area contributed by atoms with Crippen molar-refractivity contribution >= 4 is 27.3 Å². The lowest BCUT2D eigenvalue weighted by molar-refractivity contribution is 0.403. The van der Waals surface area contributed by atoms with Crippen molar-refractivity contribution in [2.75, 3.05) is 23.7 Å². The molecule has 3 rings (SSSR count). The largest absolute Gasteiger partial charge is 0.399 e. The maximum absolute atomic E-state index is 5.82. The number of rotatable bonds is 3. The van der Waals surface area contributed by atoms with Crippen LogP contribution < -0.4 is 10.6 Å². The van der Waals surface area contributed by atoms with Crippen LogP contribution in [0.25, 0.3) is 0 Å². The van der Waals surface area contributed by atoms with E-state index in [1.54, 1.807) is 0 Å². The first-order chi connectivity index (χ1) is 10.2. The summed E-state index contributed by atoms with van der Waals surface area (Å²) in [4.78, 5) is 2.46. The second kappa shape index (κ2) is 6.52. The van der Waals surface area contributed by atoms with E-state index in [2.05, 4.69) is 57.2 Å². The van der Waals surface area contributed by atoms with Gasteiger partial charge in [-0.25, -0.2) is 0 Å². The number of hydrogen-bond acceptors (Lipinski definition) is 2. The molecule has 0 aliphatic carbocycles. The summed E-state index contributed by atoms with van der Waals surface area (Å²) in [6.07, 6.45) is 3.72. The van der Waals surface area contributed by atoms with Gasteiger partial charge in [0.2, 0.25) is 0 Å². The number of piperidine rings is 1. The van der Waals surface area contributed by atoms with Gasteiger partial charge in [0.25, 0.3) is 0 Å². The maximum Gasteiger partial charge on any atom is 0.0512 e. The first-order valence-corrected chi connectivity index (χ1v) is 8.35. The number of benzene rings is 2. The monoisotopic (exact) mass is 344 g/mol. The average Bonchev–Trinajstić information content (AvgIpc) is 2.49. The van der Waals surface area contributed by atoms with Gasteiger partial charge in [-0.15, -0.1) is 0 Å². The van der Waals surface area contributed by atoms with Gasteiger partial charge in [-0.1, -0.05) is 30.3 Å². The van der Waals surface area contributed by atoms with Crippen molar-refractivity contribution in [1.29, 1.82) is 0 Å². The van der Waals surface area contributed by atoms with Gasteiger partial charge in [0, 0.05) is 23.2 Å². The molecule has 1 aliphatic rings. The van der Waals surface area contributed by atoms with Crippen molar-refractivity contribution in [3.05, 3.63) is 58.6 Å². The molecule has 0 radical (unpaired) electrons. The second-order valence-electron chi connectivity index (χ2n) is 5.83. The quantitative estimate of drug-likeness (QED) is 0.831. The molecule has 0 unspecified atom stereocenters. The van der Waals surface area contributed by atoms with Crippen LogP contribution in [0.2, 0.25) is 0 Å². The molecule has 2 nitrogen and oxygen atoms in total. The van der Waals surface area contributed by atoms with Gasteiger partial charge in [0.15, 0.2) is 0 Å². The first-order valence-electron chi connectivity index (χ1n) is 7.56. The van der Waals surface area contributed by atoms with Gasteiger partial charge in [-0.05, 0) is 64.9 Å². The van der Waals surface area contributed by atoms with Crippen molar-refractivity contribution in [3.63, 3.8) is 0 Å². The van der Waals surface area contributed by atoms with Crippen LogP contribution >= 0.6 is 15.9 Å². The molecule has 1 saturated heterocycles. The summed E-state index contributed by atoms with van der Waals surface area (Å²) in [5.74, 6) is 0.802. The van der Waals surface area contributed by atoms with E-state index in [1.807, 2.05) is 12.1 Å². The molecule has 0 bridgehead atoms. The fourth-order valence-electron chi connectivity index (χ4n) is 3.11. The molecule has 3 heteroatoms. The Hall–Kier alpha value is -1.48. The van der Waals surface area contributed by atoms with Crippen LogP contribution in [0.15, 0.2) is 53.0 Å². The zero-order valence-electron chi connectivity index (χ0n) is 12.1. The number of nitrogens with two attached hydrogens (primary N) is 1. The number of halogens is 1. The summed E-state index contributed by atoms with van der Waals surface area (Å²) in [6.45, 7) is 2.25. The van der Waals surface area contributed by atoms with Crippen molar-refractivity contribution in [2.45, 2.75) is 19.3 Å². The predicted octanol–water partition coefficient (Wildman–Crippen LogP) is 4.49. The number of hydrogen-bond donors (Lipinski definition) is 1. The summed E-state index contributed by atoms with van der Waals surface area (Å²) >= 11 is 3.63. The Morgan fingerprint density at radius 3 is 2.43 bits per heavy atom. The minimum atomic E-state index is 0.802. The standard InChI is InChI=1S/C18H21BrN2/c19-17-13-16(20)6-7-18(17)21-10-8-15(9-11-21)12-14-4-2-1-3-5-14/h1-7,13,15H,8-12,20H2. The van der Waals surface area contributed by atoms with E-state index in [9.17, 15) is 0 Å². The lowest BCUT2D eigenvalue weighted by atomic mass is 9.90. The number of nitrogen functional groups attached to an aromatic ring is 1. The molecule has 2 N–H and O–H groups in total. The normalized spacial score (nSPS) is 16.1. The van der Waals surface area contributed by atoms with Gasteiger partial charge in [0.05, 0.1) is 5.69 Å². The lowest BCUT2D eigenvalue weighted by Crippen LogP contribution is -2.34. The van der Waals surface area contributed by atoms with Gasteiger partial charge < -0.3 is 10.6 Å². The van der Waals surface area contributed by atoms with Gasteiger partial charge in [-0.2, -0.15) is 0 Å². The van der Waals surface area contributed by atoms with E-state index in [-0.39, 0.29) is 0 Å². The minimum absolute atomic E-state index is 0.802. The van der Waals surface area contributed by atoms with Crippen LogP contribution in [-0.4, -0.2) is 13.1 Å². The molecule has 2 aromatic rings. The molecular weight excluding hydrogens is 324 g/mol. The van der Waals surface area contributed by atoms with Crippen molar-refractivity contribution in [3.8, 4) is 0 Å². The Bertz CT molecular complexity index is 589.